The number of hydrogen-bond acceptors (Lipinski definition) is 2. The molecule has 2 nitrogen and oxygen atoms in total. The molecule has 0 aliphatic rings. The van der Waals surface area contributed by atoms with E-state index in [4.69, 9.17) is 10.00 Å². The standard InChI is InChI=1S/C19H19F2NO/c1-2-3-4-5-12-23-16-9-6-14(7-10-16)17-11-8-15(13-22)18(20)19(17)21/h6-11H,2-5,12H2,1H3. The Morgan fingerprint density at radius 1 is 0.957 bits per heavy atom. The predicted octanol–water partition coefficient (Wildman–Crippen LogP) is 5.46. The highest BCUT2D eigenvalue weighted by atomic mass is 19.2. The van der Waals surface area contributed by atoms with Gasteiger partial charge >= 0.3 is 0 Å². The summed E-state index contributed by atoms with van der Waals surface area (Å²) in [7, 11) is 0. The molecule has 0 radical (unpaired) electrons. The average Bonchev–Trinajstić information content (AvgIpc) is 2.58. The molecule has 0 saturated heterocycles. The van der Waals surface area contributed by atoms with Crippen LogP contribution in [0.4, 0.5) is 8.78 Å². The SMILES string of the molecule is CCCCCCOc1ccc(-c2ccc(C#N)c(F)c2F)cc1. The maximum atomic E-state index is 14.0. The Morgan fingerprint density at radius 2 is 1.70 bits per heavy atom. The third-order valence-corrected chi connectivity index (χ3v) is 3.63. The van der Waals surface area contributed by atoms with Crippen LogP contribution in [0.25, 0.3) is 11.1 Å². The lowest BCUT2D eigenvalue weighted by Crippen LogP contribution is -1.97. The van der Waals surface area contributed by atoms with E-state index >= 15 is 0 Å². The van der Waals surface area contributed by atoms with E-state index in [2.05, 4.69) is 6.92 Å². The van der Waals surface area contributed by atoms with Crippen LogP contribution >= 0.6 is 0 Å². The van der Waals surface area contributed by atoms with Crippen molar-refractivity contribution in [2.75, 3.05) is 6.61 Å². The number of hydrogen-bond donors (Lipinski definition) is 0. The normalized spacial score (nSPS) is 10.3. The van der Waals surface area contributed by atoms with Crippen LogP contribution in [0.1, 0.15) is 38.2 Å². The van der Waals surface area contributed by atoms with Gasteiger partial charge in [0.2, 0.25) is 0 Å². The summed E-state index contributed by atoms with van der Waals surface area (Å²) in [6.45, 7) is 2.81. The molecule has 0 amide bonds. The topological polar surface area (TPSA) is 33.0 Å². The number of nitrogens with zero attached hydrogens (tertiary/aromatic N) is 1. The zero-order chi connectivity index (χ0) is 16.7. The molecule has 4 heteroatoms. The quantitative estimate of drug-likeness (QED) is 0.635. The monoisotopic (exact) mass is 315 g/mol. The van der Waals surface area contributed by atoms with E-state index in [9.17, 15) is 8.78 Å². The van der Waals surface area contributed by atoms with Gasteiger partial charge in [0.25, 0.3) is 0 Å². The van der Waals surface area contributed by atoms with E-state index in [1.807, 2.05) is 0 Å². The fraction of sp³-hybridized carbons (Fsp3) is 0.316. The summed E-state index contributed by atoms with van der Waals surface area (Å²) in [4.78, 5) is 0. The molecule has 0 heterocycles. The fourth-order valence-corrected chi connectivity index (χ4v) is 2.31. The van der Waals surface area contributed by atoms with Crippen LogP contribution < -0.4 is 4.74 Å². The largest absolute Gasteiger partial charge is 0.494 e. The summed E-state index contributed by atoms with van der Waals surface area (Å²) in [6.07, 6.45) is 4.53. The number of benzene rings is 2. The van der Waals surface area contributed by atoms with Crippen molar-refractivity contribution in [2.45, 2.75) is 32.6 Å². The predicted molar refractivity (Wildman–Crippen MR) is 86.1 cm³/mol. The molecular weight excluding hydrogens is 296 g/mol. The third kappa shape index (κ3) is 4.29. The minimum Gasteiger partial charge on any atom is -0.494 e. The minimum atomic E-state index is -1.11. The molecule has 0 aromatic heterocycles. The average molecular weight is 315 g/mol. The first kappa shape index (κ1) is 17.0. The maximum Gasteiger partial charge on any atom is 0.177 e. The van der Waals surface area contributed by atoms with Crippen molar-refractivity contribution in [1.82, 2.24) is 0 Å². The molecule has 2 aromatic carbocycles. The van der Waals surface area contributed by atoms with E-state index in [0.29, 0.717) is 17.9 Å². The van der Waals surface area contributed by atoms with Crippen molar-refractivity contribution in [3.05, 3.63) is 53.6 Å². The van der Waals surface area contributed by atoms with E-state index in [-0.39, 0.29) is 11.1 Å². The first-order chi connectivity index (χ1) is 11.2. The van der Waals surface area contributed by atoms with Crippen LogP contribution in [0.15, 0.2) is 36.4 Å². The zero-order valence-corrected chi connectivity index (χ0v) is 13.1. The molecule has 120 valence electrons. The number of halogens is 2. The number of ether oxygens (including phenoxy) is 1. The smallest absolute Gasteiger partial charge is 0.177 e. The van der Waals surface area contributed by atoms with Gasteiger partial charge in [-0.1, -0.05) is 38.3 Å². The second-order valence-corrected chi connectivity index (χ2v) is 5.33. The van der Waals surface area contributed by atoms with Crippen LogP contribution in [-0.2, 0) is 0 Å². The van der Waals surface area contributed by atoms with Crippen molar-refractivity contribution < 1.29 is 13.5 Å². The van der Waals surface area contributed by atoms with Crippen molar-refractivity contribution in [3.8, 4) is 22.9 Å². The van der Waals surface area contributed by atoms with Gasteiger partial charge in [-0.15, -0.1) is 0 Å². The first-order valence-electron chi connectivity index (χ1n) is 7.78. The molecule has 2 aromatic rings. The molecule has 2 rings (SSSR count). The van der Waals surface area contributed by atoms with Gasteiger partial charge in [-0.25, -0.2) is 8.78 Å². The number of nitriles is 1. The van der Waals surface area contributed by atoms with Gasteiger partial charge in [0, 0.05) is 5.56 Å². The lowest BCUT2D eigenvalue weighted by molar-refractivity contribution is 0.305. The molecule has 0 aliphatic carbocycles. The Morgan fingerprint density at radius 3 is 2.35 bits per heavy atom. The van der Waals surface area contributed by atoms with Gasteiger partial charge in [0.05, 0.1) is 12.2 Å². The summed E-state index contributed by atoms with van der Waals surface area (Å²) in [5.74, 6) is -1.40. The van der Waals surface area contributed by atoms with Crippen molar-refractivity contribution in [1.29, 1.82) is 5.26 Å². The van der Waals surface area contributed by atoms with Crippen LogP contribution in [0.2, 0.25) is 0 Å². The second-order valence-electron chi connectivity index (χ2n) is 5.33. The molecule has 0 aliphatic heterocycles. The van der Waals surface area contributed by atoms with Gasteiger partial charge in [0.15, 0.2) is 11.6 Å². The summed E-state index contributed by atoms with van der Waals surface area (Å²) in [5.41, 5.74) is 0.388. The Hall–Kier alpha value is -2.41. The fourth-order valence-electron chi connectivity index (χ4n) is 2.31. The molecule has 0 spiro atoms. The van der Waals surface area contributed by atoms with Gasteiger partial charge < -0.3 is 4.74 Å². The lowest BCUT2D eigenvalue weighted by atomic mass is 10.0. The Balaban J connectivity index is 2.05. The van der Waals surface area contributed by atoms with E-state index < -0.39 is 11.6 Å². The highest BCUT2D eigenvalue weighted by molar-refractivity contribution is 5.66. The summed E-state index contributed by atoms with van der Waals surface area (Å²) in [6, 6.07) is 11.2. The van der Waals surface area contributed by atoms with Gasteiger partial charge in [-0.05, 0) is 36.2 Å². The van der Waals surface area contributed by atoms with Crippen molar-refractivity contribution in [2.24, 2.45) is 0 Å². The van der Waals surface area contributed by atoms with Crippen LogP contribution in [0.5, 0.6) is 5.75 Å². The number of rotatable bonds is 7. The van der Waals surface area contributed by atoms with Gasteiger partial charge in [-0.3, -0.25) is 0 Å². The Bertz CT molecular complexity index is 690. The lowest BCUT2D eigenvalue weighted by Gasteiger charge is -2.08. The van der Waals surface area contributed by atoms with Crippen LogP contribution in [-0.4, -0.2) is 6.61 Å². The molecule has 0 bridgehead atoms. The molecule has 0 saturated carbocycles. The molecule has 0 N–H and O–H groups in total. The Kier molecular flexibility index (Phi) is 6.10. The first-order valence-corrected chi connectivity index (χ1v) is 7.78. The van der Waals surface area contributed by atoms with E-state index in [1.54, 1.807) is 30.3 Å². The second kappa shape index (κ2) is 8.28. The minimum absolute atomic E-state index is 0.135. The maximum absolute atomic E-state index is 14.0. The molecule has 0 unspecified atom stereocenters. The third-order valence-electron chi connectivity index (χ3n) is 3.63. The highest BCUT2D eigenvalue weighted by Crippen LogP contribution is 2.27. The van der Waals surface area contributed by atoms with Gasteiger partial charge in [0.1, 0.15) is 11.8 Å². The van der Waals surface area contributed by atoms with E-state index in [1.165, 1.54) is 25.0 Å². The highest BCUT2D eigenvalue weighted by Gasteiger charge is 2.14. The van der Waals surface area contributed by atoms with Crippen molar-refractivity contribution >= 4 is 0 Å². The summed E-state index contributed by atoms with van der Waals surface area (Å²) >= 11 is 0. The molecule has 23 heavy (non-hydrogen) atoms. The molecule has 0 fully saturated rings. The summed E-state index contributed by atoms with van der Waals surface area (Å²) < 4.78 is 33.3. The van der Waals surface area contributed by atoms with Gasteiger partial charge in [-0.2, -0.15) is 5.26 Å². The zero-order valence-electron chi connectivity index (χ0n) is 13.1. The van der Waals surface area contributed by atoms with Crippen LogP contribution in [0, 0.1) is 23.0 Å². The van der Waals surface area contributed by atoms with E-state index in [0.717, 1.165) is 12.8 Å². The van der Waals surface area contributed by atoms with Crippen LogP contribution in [0.3, 0.4) is 0 Å². The Labute approximate surface area is 135 Å². The summed E-state index contributed by atoms with van der Waals surface area (Å²) in [5, 5.41) is 8.70. The van der Waals surface area contributed by atoms with Crippen molar-refractivity contribution in [3.63, 3.8) is 0 Å². The number of unbranched alkanes of at least 4 members (excludes halogenated alkanes) is 3. The molecular formula is C19H19F2NO. The molecule has 0 atom stereocenters.